The SMILES string of the molecule is O=C(O)[C@@H]1CC[C@H](C(=O)N(Cc2ccco2)CC(F)(F)F)C1. The van der Waals surface area contributed by atoms with E-state index in [2.05, 4.69) is 0 Å². The number of hydrogen-bond donors (Lipinski definition) is 1. The Balaban J connectivity index is 2.07. The minimum Gasteiger partial charge on any atom is -0.481 e. The van der Waals surface area contributed by atoms with Gasteiger partial charge in [0.2, 0.25) is 5.91 Å². The van der Waals surface area contributed by atoms with Gasteiger partial charge in [-0.05, 0) is 31.4 Å². The van der Waals surface area contributed by atoms with Crippen molar-refractivity contribution in [2.75, 3.05) is 6.54 Å². The van der Waals surface area contributed by atoms with Crippen LogP contribution in [0.15, 0.2) is 22.8 Å². The number of halogens is 3. The number of carboxylic acid groups (broad SMARTS) is 1. The van der Waals surface area contributed by atoms with Crippen LogP contribution in [0.5, 0.6) is 0 Å². The first-order chi connectivity index (χ1) is 10.3. The maximum Gasteiger partial charge on any atom is 0.406 e. The van der Waals surface area contributed by atoms with E-state index in [0.29, 0.717) is 17.7 Å². The number of hydrogen-bond acceptors (Lipinski definition) is 3. The highest BCUT2D eigenvalue weighted by Gasteiger charge is 2.39. The van der Waals surface area contributed by atoms with Gasteiger partial charge in [0, 0.05) is 5.92 Å². The van der Waals surface area contributed by atoms with Gasteiger partial charge in [0.25, 0.3) is 0 Å². The van der Waals surface area contributed by atoms with Crippen LogP contribution >= 0.6 is 0 Å². The summed E-state index contributed by atoms with van der Waals surface area (Å²) < 4.78 is 43.0. The predicted octanol–water partition coefficient (Wildman–Crippen LogP) is 2.67. The molecule has 8 heteroatoms. The number of carbonyl (C=O) groups is 2. The zero-order valence-corrected chi connectivity index (χ0v) is 11.7. The summed E-state index contributed by atoms with van der Waals surface area (Å²) in [6.45, 7) is -1.65. The Labute approximate surface area is 124 Å². The maximum atomic E-state index is 12.7. The lowest BCUT2D eigenvalue weighted by Crippen LogP contribution is -2.41. The first-order valence-electron chi connectivity index (χ1n) is 6.87. The van der Waals surface area contributed by atoms with Gasteiger partial charge in [-0.25, -0.2) is 0 Å². The van der Waals surface area contributed by atoms with Crippen molar-refractivity contribution in [1.82, 2.24) is 4.90 Å². The standard InChI is InChI=1S/C14H16F3NO4/c15-14(16,17)8-18(7-11-2-1-5-22-11)12(19)9-3-4-10(6-9)13(20)21/h1-2,5,9-10H,3-4,6-8H2,(H,20,21)/t9-,10+/m0/s1. The Morgan fingerprint density at radius 1 is 1.32 bits per heavy atom. The Kier molecular flexibility index (Phi) is 4.77. The predicted molar refractivity (Wildman–Crippen MR) is 68.6 cm³/mol. The molecule has 0 aromatic carbocycles. The fraction of sp³-hybridized carbons (Fsp3) is 0.571. The van der Waals surface area contributed by atoms with Gasteiger partial charge in [-0.2, -0.15) is 13.2 Å². The maximum absolute atomic E-state index is 12.7. The molecule has 5 nitrogen and oxygen atoms in total. The molecular formula is C14H16F3NO4. The molecule has 1 saturated carbocycles. The summed E-state index contributed by atoms with van der Waals surface area (Å²) in [5.41, 5.74) is 0. The molecule has 1 heterocycles. The Hall–Kier alpha value is -1.99. The molecule has 0 unspecified atom stereocenters. The molecular weight excluding hydrogens is 303 g/mol. The van der Waals surface area contributed by atoms with E-state index >= 15 is 0 Å². The summed E-state index contributed by atoms with van der Waals surface area (Å²) in [6, 6.07) is 3.02. The van der Waals surface area contributed by atoms with Gasteiger partial charge in [-0.15, -0.1) is 0 Å². The van der Waals surface area contributed by atoms with E-state index in [-0.39, 0.29) is 18.7 Å². The molecule has 1 amide bonds. The zero-order valence-electron chi connectivity index (χ0n) is 11.7. The van der Waals surface area contributed by atoms with Gasteiger partial charge in [-0.3, -0.25) is 9.59 Å². The van der Waals surface area contributed by atoms with Crippen LogP contribution in [0, 0.1) is 11.8 Å². The molecule has 0 aliphatic heterocycles. The minimum absolute atomic E-state index is 0.0840. The number of nitrogens with zero attached hydrogens (tertiary/aromatic N) is 1. The molecule has 0 spiro atoms. The highest BCUT2D eigenvalue weighted by Crippen LogP contribution is 2.33. The molecule has 1 aliphatic rings. The third-order valence-electron chi connectivity index (χ3n) is 3.74. The molecule has 0 bridgehead atoms. The lowest BCUT2D eigenvalue weighted by molar-refractivity contribution is -0.165. The molecule has 1 N–H and O–H groups in total. The van der Waals surface area contributed by atoms with Crippen LogP contribution < -0.4 is 0 Å². The van der Waals surface area contributed by atoms with Crippen LogP contribution in [-0.4, -0.2) is 34.6 Å². The van der Waals surface area contributed by atoms with E-state index in [1.807, 2.05) is 0 Å². The molecule has 2 rings (SSSR count). The van der Waals surface area contributed by atoms with E-state index in [1.165, 1.54) is 18.4 Å². The molecule has 1 aromatic rings. The molecule has 22 heavy (non-hydrogen) atoms. The fourth-order valence-electron chi connectivity index (χ4n) is 2.71. The van der Waals surface area contributed by atoms with Crippen molar-refractivity contribution < 1.29 is 32.3 Å². The first kappa shape index (κ1) is 16.4. The van der Waals surface area contributed by atoms with Crippen molar-refractivity contribution in [3.05, 3.63) is 24.2 Å². The summed E-state index contributed by atoms with van der Waals surface area (Å²) >= 11 is 0. The number of aliphatic carboxylic acids is 1. The van der Waals surface area contributed by atoms with E-state index in [4.69, 9.17) is 9.52 Å². The van der Waals surface area contributed by atoms with Gasteiger partial charge >= 0.3 is 12.1 Å². The molecule has 0 radical (unpaired) electrons. The number of rotatable bonds is 5. The second-order valence-electron chi connectivity index (χ2n) is 5.43. The van der Waals surface area contributed by atoms with E-state index in [0.717, 1.165) is 0 Å². The number of alkyl halides is 3. The molecule has 1 aromatic heterocycles. The molecule has 1 fully saturated rings. The Morgan fingerprint density at radius 3 is 2.50 bits per heavy atom. The smallest absolute Gasteiger partial charge is 0.406 e. The van der Waals surface area contributed by atoms with E-state index < -0.39 is 36.4 Å². The van der Waals surface area contributed by atoms with E-state index in [1.54, 1.807) is 0 Å². The largest absolute Gasteiger partial charge is 0.481 e. The van der Waals surface area contributed by atoms with Crippen molar-refractivity contribution in [1.29, 1.82) is 0 Å². The molecule has 122 valence electrons. The van der Waals surface area contributed by atoms with Gasteiger partial charge < -0.3 is 14.4 Å². The fourth-order valence-corrected chi connectivity index (χ4v) is 2.71. The highest BCUT2D eigenvalue weighted by molar-refractivity contribution is 5.81. The van der Waals surface area contributed by atoms with E-state index in [9.17, 15) is 22.8 Å². The summed E-state index contributed by atoms with van der Waals surface area (Å²) in [7, 11) is 0. The second kappa shape index (κ2) is 6.41. The Morgan fingerprint density at radius 2 is 2.00 bits per heavy atom. The number of carboxylic acids is 1. The van der Waals surface area contributed by atoms with Gasteiger partial charge in [-0.1, -0.05) is 0 Å². The zero-order chi connectivity index (χ0) is 16.3. The molecule has 1 aliphatic carbocycles. The van der Waals surface area contributed by atoms with Crippen LogP contribution in [0.1, 0.15) is 25.0 Å². The van der Waals surface area contributed by atoms with Crippen molar-refractivity contribution >= 4 is 11.9 Å². The quantitative estimate of drug-likeness (QED) is 0.906. The van der Waals surface area contributed by atoms with Crippen molar-refractivity contribution in [3.63, 3.8) is 0 Å². The molecule has 2 atom stereocenters. The average molecular weight is 319 g/mol. The normalized spacial score (nSPS) is 21.8. The van der Waals surface area contributed by atoms with Crippen molar-refractivity contribution in [3.8, 4) is 0 Å². The monoisotopic (exact) mass is 319 g/mol. The van der Waals surface area contributed by atoms with Crippen LogP contribution in [0.4, 0.5) is 13.2 Å². The first-order valence-corrected chi connectivity index (χ1v) is 6.87. The third-order valence-corrected chi connectivity index (χ3v) is 3.74. The summed E-state index contributed by atoms with van der Waals surface area (Å²) in [5.74, 6) is -2.77. The van der Waals surface area contributed by atoms with Crippen LogP contribution in [0.3, 0.4) is 0 Å². The number of carbonyl (C=O) groups excluding carboxylic acids is 1. The minimum atomic E-state index is -4.52. The van der Waals surface area contributed by atoms with Crippen molar-refractivity contribution in [2.45, 2.75) is 32.0 Å². The van der Waals surface area contributed by atoms with Gasteiger partial charge in [0.15, 0.2) is 0 Å². The topological polar surface area (TPSA) is 70.8 Å². The number of amides is 1. The third kappa shape index (κ3) is 4.25. The van der Waals surface area contributed by atoms with Gasteiger partial charge in [0.1, 0.15) is 12.3 Å². The van der Waals surface area contributed by atoms with Crippen LogP contribution in [-0.2, 0) is 16.1 Å². The summed E-state index contributed by atoms with van der Waals surface area (Å²) in [5, 5.41) is 8.93. The van der Waals surface area contributed by atoms with Crippen molar-refractivity contribution in [2.24, 2.45) is 11.8 Å². The highest BCUT2D eigenvalue weighted by atomic mass is 19.4. The lowest BCUT2D eigenvalue weighted by atomic mass is 10.0. The number of furan rings is 1. The van der Waals surface area contributed by atoms with Crippen LogP contribution in [0.2, 0.25) is 0 Å². The van der Waals surface area contributed by atoms with Crippen LogP contribution in [0.25, 0.3) is 0 Å². The summed E-state index contributed by atoms with van der Waals surface area (Å²) in [6.07, 6.45) is -2.51. The average Bonchev–Trinajstić information content (AvgIpc) is 3.06. The van der Waals surface area contributed by atoms with Gasteiger partial charge in [0.05, 0.1) is 18.7 Å². The second-order valence-corrected chi connectivity index (χ2v) is 5.43. The Bertz CT molecular complexity index is 527. The lowest BCUT2D eigenvalue weighted by Gasteiger charge is -2.25. The summed E-state index contributed by atoms with van der Waals surface area (Å²) in [4.78, 5) is 23.9. The molecule has 0 saturated heterocycles.